The number of carbonyl (C=O) groups is 3. The van der Waals surface area contributed by atoms with E-state index in [2.05, 4.69) is 36.7 Å². The highest BCUT2D eigenvalue weighted by molar-refractivity contribution is 6.05. The molecule has 0 radical (unpaired) electrons. The van der Waals surface area contributed by atoms with Gasteiger partial charge in [0.2, 0.25) is 0 Å². The second-order valence-electron chi connectivity index (χ2n) is 11.5. The number of hydrogen-bond acceptors (Lipinski definition) is 4. The molecular weight excluding hydrogens is 456 g/mol. The van der Waals surface area contributed by atoms with Crippen molar-refractivity contribution in [1.82, 2.24) is 10.2 Å². The van der Waals surface area contributed by atoms with Crippen LogP contribution in [0, 0.1) is 0 Å². The van der Waals surface area contributed by atoms with E-state index in [1.165, 1.54) is 6.07 Å². The molecule has 0 aliphatic carbocycles. The van der Waals surface area contributed by atoms with Crippen LogP contribution in [0.1, 0.15) is 80.7 Å². The Kier molecular flexibility index (Phi) is 7.96. The molecule has 0 saturated carbocycles. The van der Waals surface area contributed by atoms with E-state index in [4.69, 9.17) is 0 Å². The minimum absolute atomic E-state index is 0.00957. The maximum atomic E-state index is 12.8. The number of urea groups is 1. The van der Waals surface area contributed by atoms with Crippen LogP contribution in [0.3, 0.4) is 0 Å². The van der Waals surface area contributed by atoms with Gasteiger partial charge in [0.25, 0.3) is 5.91 Å². The molecule has 194 valence electrons. The first-order chi connectivity index (χ1) is 16.7. The largest absolute Gasteiger partial charge is 0.478 e. The third-order valence-corrected chi connectivity index (χ3v) is 6.07. The maximum Gasteiger partial charge on any atom is 0.337 e. The predicted octanol–water partition coefficient (Wildman–Crippen LogP) is 5.32. The van der Waals surface area contributed by atoms with Gasteiger partial charge in [-0.15, -0.1) is 0 Å². The molecule has 3 amide bonds. The number of hydrogen-bond donors (Lipinski definition) is 4. The molecule has 36 heavy (non-hydrogen) atoms. The molecule has 0 bridgehead atoms. The van der Waals surface area contributed by atoms with Crippen molar-refractivity contribution in [3.63, 3.8) is 0 Å². The zero-order chi connectivity index (χ0) is 26.7. The molecule has 1 fully saturated rings. The van der Waals surface area contributed by atoms with Crippen LogP contribution in [0.2, 0.25) is 0 Å². The number of rotatable bonds is 5. The molecule has 8 heteroatoms. The van der Waals surface area contributed by atoms with E-state index in [0.717, 1.165) is 18.4 Å². The van der Waals surface area contributed by atoms with Gasteiger partial charge >= 0.3 is 12.0 Å². The minimum atomic E-state index is -1.06. The van der Waals surface area contributed by atoms with Crippen molar-refractivity contribution in [3.05, 3.63) is 59.2 Å². The van der Waals surface area contributed by atoms with E-state index < -0.39 is 5.97 Å². The molecule has 1 aliphatic heterocycles. The zero-order valence-corrected chi connectivity index (χ0v) is 22.1. The van der Waals surface area contributed by atoms with Gasteiger partial charge < -0.3 is 26.0 Å². The standard InChI is InChI=1S/C28H38N4O4/c1-27(2,3)19-11-9-18(10-12-19)24(33)30-20-13-14-22(25(34)35)23(16-20)29-21-8-7-15-32(17-21)26(36)31-28(4,5)6/h9-14,16,21,29H,7-8,15,17H2,1-6H3,(H,30,33)(H,31,36)(H,34,35). The Morgan fingerprint density at radius 3 is 2.22 bits per heavy atom. The van der Waals surface area contributed by atoms with Crippen molar-refractivity contribution in [2.75, 3.05) is 23.7 Å². The summed E-state index contributed by atoms with van der Waals surface area (Å²) in [6.45, 7) is 13.2. The fourth-order valence-electron chi connectivity index (χ4n) is 4.15. The number of amides is 3. The zero-order valence-electron chi connectivity index (χ0n) is 22.1. The van der Waals surface area contributed by atoms with Crippen LogP contribution in [0.25, 0.3) is 0 Å². The molecule has 0 aromatic heterocycles. The lowest BCUT2D eigenvalue weighted by molar-refractivity contribution is 0.0697. The summed E-state index contributed by atoms with van der Waals surface area (Å²) in [5, 5.41) is 18.9. The molecule has 1 saturated heterocycles. The first kappa shape index (κ1) is 27.0. The first-order valence-electron chi connectivity index (χ1n) is 12.4. The summed E-state index contributed by atoms with van der Waals surface area (Å²) < 4.78 is 0. The molecule has 2 aromatic rings. The number of benzene rings is 2. The molecule has 3 rings (SSSR count). The highest BCUT2D eigenvalue weighted by Crippen LogP contribution is 2.26. The minimum Gasteiger partial charge on any atom is -0.478 e. The van der Waals surface area contributed by atoms with Crippen LogP contribution < -0.4 is 16.0 Å². The van der Waals surface area contributed by atoms with Crippen molar-refractivity contribution in [2.45, 2.75) is 71.4 Å². The smallest absolute Gasteiger partial charge is 0.337 e. The van der Waals surface area contributed by atoms with Crippen molar-refractivity contribution in [3.8, 4) is 0 Å². The number of carboxylic acids is 1. The molecule has 1 heterocycles. The lowest BCUT2D eigenvalue weighted by atomic mass is 9.87. The van der Waals surface area contributed by atoms with Crippen LogP contribution in [-0.4, -0.2) is 52.6 Å². The quantitative estimate of drug-likeness (QED) is 0.450. The van der Waals surface area contributed by atoms with Crippen LogP contribution in [0.5, 0.6) is 0 Å². The summed E-state index contributed by atoms with van der Waals surface area (Å²) in [6, 6.07) is 11.9. The fraction of sp³-hybridized carbons (Fsp3) is 0.464. The third-order valence-electron chi connectivity index (χ3n) is 6.07. The lowest BCUT2D eigenvalue weighted by Crippen LogP contribution is -2.53. The summed E-state index contributed by atoms with van der Waals surface area (Å²) in [6.07, 6.45) is 1.60. The number of likely N-dealkylation sites (tertiary alicyclic amines) is 1. The number of nitrogens with one attached hydrogen (secondary N) is 3. The van der Waals surface area contributed by atoms with Crippen molar-refractivity contribution in [2.24, 2.45) is 0 Å². The van der Waals surface area contributed by atoms with Gasteiger partial charge in [-0.2, -0.15) is 0 Å². The average Bonchev–Trinajstić information content (AvgIpc) is 2.77. The molecule has 4 N–H and O–H groups in total. The Morgan fingerprint density at radius 2 is 1.64 bits per heavy atom. The van der Waals surface area contributed by atoms with E-state index in [1.54, 1.807) is 29.2 Å². The van der Waals surface area contributed by atoms with E-state index >= 15 is 0 Å². The first-order valence-corrected chi connectivity index (χ1v) is 12.4. The van der Waals surface area contributed by atoms with Gasteiger partial charge in [-0.1, -0.05) is 32.9 Å². The molecular formula is C28H38N4O4. The molecule has 8 nitrogen and oxygen atoms in total. The molecule has 0 spiro atoms. The van der Waals surface area contributed by atoms with Crippen LogP contribution in [0.15, 0.2) is 42.5 Å². The fourth-order valence-corrected chi connectivity index (χ4v) is 4.15. The lowest BCUT2D eigenvalue weighted by Gasteiger charge is -2.35. The van der Waals surface area contributed by atoms with E-state index in [9.17, 15) is 19.5 Å². The summed E-state index contributed by atoms with van der Waals surface area (Å²) in [5.74, 6) is -1.33. The number of nitrogens with zero attached hydrogens (tertiary/aromatic N) is 1. The number of anilines is 2. The predicted molar refractivity (Wildman–Crippen MR) is 143 cm³/mol. The average molecular weight is 495 g/mol. The summed E-state index contributed by atoms with van der Waals surface area (Å²) in [5.41, 5.74) is 2.31. The van der Waals surface area contributed by atoms with Crippen LogP contribution in [-0.2, 0) is 5.41 Å². The normalized spacial score (nSPS) is 16.3. The van der Waals surface area contributed by atoms with E-state index in [0.29, 0.717) is 30.0 Å². The highest BCUT2D eigenvalue weighted by Gasteiger charge is 2.27. The second kappa shape index (κ2) is 10.6. The number of piperidine rings is 1. The molecule has 1 unspecified atom stereocenters. The third kappa shape index (κ3) is 7.23. The van der Waals surface area contributed by atoms with Crippen LogP contribution >= 0.6 is 0 Å². The van der Waals surface area contributed by atoms with Crippen molar-refractivity contribution >= 4 is 29.3 Å². The van der Waals surface area contributed by atoms with Gasteiger partial charge in [-0.25, -0.2) is 9.59 Å². The van der Waals surface area contributed by atoms with Gasteiger partial charge in [-0.3, -0.25) is 4.79 Å². The molecule has 1 aliphatic rings. The molecule has 1 atom stereocenters. The van der Waals surface area contributed by atoms with Crippen LogP contribution in [0.4, 0.5) is 16.2 Å². The summed E-state index contributed by atoms with van der Waals surface area (Å²) in [7, 11) is 0. The Labute approximate surface area is 213 Å². The number of carboxylic acid groups (broad SMARTS) is 1. The van der Waals surface area contributed by atoms with Gasteiger partial charge in [0.05, 0.1) is 11.3 Å². The number of aromatic carboxylic acids is 1. The van der Waals surface area contributed by atoms with Gasteiger partial charge in [-0.05, 0) is 74.9 Å². The topological polar surface area (TPSA) is 111 Å². The SMILES string of the molecule is CC(C)(C)NC(=O)N1CCCC(Nc2cc(NC(=O)c3ccc(C(C)(C)C)cc3)ccc2C(=O)O)C1. The number of carbonyl (C=O) groups excluding carboxylic acids is 2. The Morgan fingerprint density at radius 1 is 0.972 bits per heavy atom. The van der Waals surface area contributed by atoms with Gasteiger partial charge in [0.1, 0.15) is 0 Å². The summed E-state index contributed by atoms with van der Waals surface area (Å²) in [4.78, 5) is 39.1. The monoisotopic (exact) mass is 494 g/mol. The summed E-state index contributed by atoms with van der Waals surface area (Å²) >= 11 is 0. The Balaban J connectivity index is 1.74. The van der Waals surface area contributed by atoms with Crippen molar-refractivity contribution < 1.29 is 19.5 Å². The highest BCUT2D eigenvalue weighted by atomic mass is 16.4. The maximum absolute atomic E-state index is 12.8. The van der Waals surface area contributed by atoms with E-state index in [-0.39, 0.29) is 34.5 Å². The van der Waals surface area contributed by atoms with Gasteiger partial charge in [0, 0.05) is 35.9 Å². The Hall–Kier alpha value is -3.55. The molecule has 2 aromatic carbocycles. The van der Waals surface area contributed by atoms with Crippen molar-refractivity contribution in [1.29, 1.82) is 0 Å². The van der Waals surface area contributed by atoms with E-state index in [1.807, 2.05) is 32.9 Å². The second-order valence-corrected chi connectivity index (χ2v) is 11.5. The van der Waals surface area contributed by atoms with Gasteiger partial charge in [0.15, 0.2) is 0 Å². The Bertz CT molecular complexity index is 1110.